The zero-order valence-electron chi connectivity index (χ0n) is 9.65. The molecule has 102 valence electrons. The summed E-state index contributed by atoms with van der Waals surface area (Å²) in [5.74, 6) is -10.3. The maximum atomic E-state index is 11.9. The third-order valence-corrected chi connectivity index (χ3v) is 3.89. The Hall–Kier alpha value is -1.29. The summed E-state index contributed by atoms with van der Waals surface area (Å²) < 4.78 is 11.5. The first kappa shape index (κ1) is 14.1. The predicted molar refractivity (Wildman–Crippen MR) is 61.8 cm³/mol. The van der Waals surface area contributed by atoms with Gasteiger partial charge in [0.15, 0.2) is 4.90 Å². The minimum atomic E-state index is -3.69. The van der Waals surface area contributed by atoms with Crippen LogP contribution in [0.3, 0.4) is 0 Å². The van der Waals surface area contributed by atoms with Crippen LogP contribution >= 0.6 is 0 Å². The van der Waals surface area contributed by atoms with Crippen LogP contribution in [0.25, 0.3) is 0 Å². The van der Waals surface area contributed by atoms with Crippen LogP contribution in [0, 0.1) is 0 Å². The third kappa shape index (κ3) is 1.73. The fourth-order valence-electron chi connectivity index (χ4n) is 1.87. The van der Waals surface area contributed by atoms with Gasteiger partial charge >= 0.3 is 0 Å². The van der Waals surface area contributed by atoms with Gasteiger partial charge in [0.05, 0.1) is 5.56 Å². The predicted octanol–water partition coefficient (Wildman–Crippen LogP) is -1.84. The first-order chi connectivity index (χ1) is 8.62. The molecule has 0 bridgehead atoms. The lowest BCUT2D eigenvalue weighted by Crippen LogP contribution is -2.66. The highest BCUT2D eigenvalue weighted by Crippen LogP contribution is 2.36. The number of carbonyl (C=O) groups excluding carboxylic acids is 2. The molecule has 0 fully saturated rings. The van der Waals surface area contributed by atoms with E-state index in [2.05, 4.69) is 0 Å². The van der Waals surface area contributed by atoms with Gasteiger partial charge in [-0.2, -0.15) is 0 Å². The van der Waals surface area contributed by atoms with E-state index in [1.807, 2.05) is 0 Å². The van der Waals surface area contributed by atoms with Gasteiger partial charge in [-0.3, -0.25) is 9.59 Å². The van der Waals surface area contributed by atoms with E-state index in [9.17, 15) is 34.6 Å². The number of Topliss-reactive ketones (excluding diaryl/α,β-unsaturated/α-hetero) is 2. The highest BCUT2D eigenvalue weighted by atomic mass is 32.2. The largest absolute Gasteiger partial charge is 0.612 e. The molecule has 0 spiro atoms. The maximum absolute atomic E-state index is 11.9. The summed E-state index contributed by atoms with van der Waals surface area (Å²) in [7, 11) is 0. The zero-order chi connectivity index (χ0) is 14.6. The van der Waals surface area contributed by atoms with Gasteiger partial charge in [-0.15, -0.1) is 0 Å². The molecule has 4 N–H and O–H groups in total. The van der Waals surface area contributed by atoms with E-state index in [4.69, 9.17) is 0 Å². The first-order valence-corrected chi connectivity index (χ1v) is 6.63. The van der Waals surface area contributed by atoms with Crippen LogP contribution in [0.5, 0.6) is 0 Å². The molecule has 1 unspecified atom stereocenters. The number of hydrogen-bond acceptors (Lipinski definition) is 7. The van der Waals surface area contributed by atoms with Gasteiger partial charge in [0.2, 0.25) is 11.6 Å². The molecular weight excluding hydrogens is 276 g/mol. The van der Waals surface area contributed by atoms with Crippen LogP contribution in [-0.4, -0.2) is 54.4 Å². The highest BCUT2D eigenvalue weighted by Gasteiger charge is 2.64. The topological polar surface area (TPSA) is 138 Å². The normalized spacial score (nSPS) is 22.0. The van der Waals surface area contributed by atoms with Crippen molar-refractivity contribution in [3.05, 3.63) is 29.3 Å². The second-order valence-electron chi connectivity index (χ2n) is 4.14. The summed E-state index contributed by atoms with van der Waals surface area (Å²) >= 11 is -1.67. The molecule has 0 heterocycles. The van der Waals surface area contributed by atoms with Gasteiger partial charge in [0.25, 0.3) is 11.6 Å². The van der Waals surface area contributed by atoms with Crippen LogP contribution in [0.15, 0.2) is 23.1 Å². The van der Waals surface area contributed by atoms with Crippen molar-refractivity contribution in [2.75, 3.05) is 6.26 Å². The van der Waals surface area contributed by atoms with Gasteiger partial charge in [-0.25, -0.2) is 0 Å². The quantitative estimate of drug-likeness (QED) is 0.351. The second kappa shape index (κ2) is 4.10. The fourth-order valence-corrected chi connectivity index (χ4v) is 2.63. The van der Waals surface area contributed by atoms with Crippen LogP contribution in [0.2, 0.25) is 0 Å². The van der Waals surface area contributed by atoms with Gasteiger partial charge in [-0.05, 0) is 17.2 Å². The van der Waals surface area contributed by atoms with E-state index >= 15 is 0 Å². The van der Waals surface area contributed by atoms with Crippen molar-refractivity contribution in [1.29, 1.82) is 0 Å². The zero-order valence-corrected chi connectivity index (χ0v) is 10.5. The fraction of sp³-hybridized carbons (Fsp3) is 0.273. The molecule has 0 aromatic heterocycles. The minimum absolute atomic E-state index is 0.0844. The van der Waals surface area contributed by atoms with Crippen molar-refractivity contribution < 1.29 is 34.6 Å². The third-order valence-electron chi connectivity index (χ3n) is 2.93. The minimum Gasteiger partial charge on any atom is -0.612 e. The molecule has 0 saturated carbocycles. The number of benzene rings is 1. The molecule has 0 aliphatic heterocycles. The number of rotatable bonds is 1. The van der Waals surface area contributed by atoms with E-state index in [1.54, 1.807) is 0 Å². The lowest BCUT2D eigenvalue weighted by atomic mass is 9.80. The Morgan fingerprint density at radius 3 is 2.11 bits per heavy atom. The molecule has 0 radical (unpaired) electrons. The van der Waals surface area contributed by atoms with Crippen LogP contribution in [0.1, 0.15) is 20.7 Å². The summed E-state index contributed by atoms with van der Waals surface area (Å²) in [5, 5.41) is 37.8. The summed E-state index contributed by atoms with van der Waals surface area (Å²) in [5.41, 5.74) is -0.890. The monoisotopic (exact) mass is 286 g/mol. The molecule has 7 nitrogen and oxygen atoms in total. The first-order valence-electron chi connectivity index (χ1n) is 5.08. The van der Waals surface area contributed by atoms with Crippen molar-refractivity contribution in [1.82, 2.24) is 0 Å². The maximum Gasteiger partial charge on any atom is 0.293 e. The Morgan fingerprint density at radius 2 is 1.58 bits per heavy atom. The van der Waals surface area contributed by atoms with E-state index in [1.165, 1.54) is 18.4 Å². The number of ketones is 2. The summed E-state index contributed by atoms with van der Waals surface area (Å²) in [6.45, 7) is 0. The van der Waals surface area contributed by atoms with E-state index < -0.39 is 45.4 Å². The Bertz CT molecular complexity index is 576. The average molecular weight is 286 g/mol. The van der Waals surface area contributed by atoms with Crippen molar-refractivity contribution in [2.45, 2.75) is 16.5 Å². The second-order valence-corrected chi connectivity index (χ2v) is 5.48. The van der Waals surface area contributed by atoms with E-state index in [0.29, 0.717) is 0 Å². The number of carbonyl (C=O) groups is 2. The Labute approximate surface area is 110 Å². The standard InChI is InChI=1S/C11H10O7S/c1-19(18)6-4-2-3-5-7(6)9(13)11(16,17)10(14,15)8(5)12/h2-4,14-17H,1H3. The molecule has 8 heteroatoms. The van der Waals surface area contributed by atoms with Crippen molar-refractivity contribution in [2.24, 2.45) is 0 Å². The SMILES string of the molecule is C[S+]([O-])c1cccc2c1C(=O)C(O)(O)C(O)(O)C2=O. The van der Waals surface area contributed by atoms with Crippen molar-refractivity contribution in [3.63, 3.8) is 0 Å². The van der Waals surface area contributed by atoms with Gasteiger partial charge in [0.1, 0.15) is 6.26 Å². The highest BCUT2D eigenvalue weighted by molar-refractivity contribution is 7.90. The van der Waals surface area contributed by atoms with E-state index in [0.717, 1.165) is 6.07 Å². The Morgan fingerprint density at radius 1 is 1.05 bits per heavy atom. The molecule has 2 rings (SSSR count). The average Bonchev–Trinajstić information content (AvgIpc) is 2.34. The Balaban J connectivity index is 2.81. The molecular formula is C11H10O7S. The lowest BCUT2D eigenvalue weighted by Gasteiger charge is -2.36. The number of fused-ring (bicyclic) bond motifs is 1. The Kier molecular flexibility index (Phi) is 3.05. The molecule has 0 saturated heterocycles. The molecule has 19 heavy (non-hydrogen) atoms. The molecule has 1 atom stereocenters. The van der Waals surface area contributed by atoms with Crippen LogP contribution in [0.4, 0.5) is 0 Å². The number of hydrogen-bond donors (Lipinski definition) is 4. The summed E-state index contributed by atoms with van der Waals surface area (Å²) in [6.07, 6.45) is 1.24. The van der Waals surface area contributed by atoms with Crippen LogP contribution < -0.4 is 0 Å². The molecule has 0 amide bonds. The van der Waals surface area contributed by atoms with Crippen molar-refractivity contribution in [3.8, 4) is 0 Å². The van der Waals surface area contributed by atoms with Gasteiger partial charge in [-0.1, -0.05) is 12.1 Å². The van der Waals surface area contributed by atoms with Crippen LogP contribution in [-0.2, 0) is 11.2 Å². The molecule has 1 aromatic rings. The van der Waals surface area contributed by atoms with Crippen molar-refractivity contribution >= 4 is 22.7 Å². The van der Waals surface area contributed by atoms with Gasteiger partial charge in [0, 0.05) is 5.56 Å². The molecule has 1 aliphatic carbocycles. The lowest BCUT2D eigenvalue weighted by molar-refractivity contribution is -0.299. The smallest absolute Gasteiger partial charge is 0.293 e. The van der Waals surface area contributed by atoms with E-state index in [-0.39, 0.29) is 4.90 Å². The number of aliphatic hydroxyl groups is 4. The molecule has 1 aliphatic rings. The molecule has 1 aromatic carbocycles. The van der Waals surface area contributed by atoms with Gasteiger partial charge < -0.3 is 25.0 Å². The summed E-state index contributed by atoms with van der Waals surface area (Å²) in [6, 6.07) is 3.69. The summed E-state index contributed by atoms with van der Waals surface area (Å²) in [4.78, 5) is 23.6.